The lowest BCUT2D eigenvalue weighted by Gasteiger charge is -1.65. The van der Waals surface area contributed by atoms with Crippen LogP contribution in [0.4, 0.5) is 0 Å². The molecule has 0 aromatic carbocycles. The first-order valence-electron chi connectivity index (χ1n) is 8.41. The second kappa shape index (κ2) is 23.0. The molecule has 3 aromatic heterocycles. The molecule has 0 aliphatic carbocycles. The van der Waals surface area contributed by atoms with Crippen molar-refractivity contribution in [1.82, 2.24) is 10.3 Å². The van der Waals surface area contributed by atoms with Crippen LogP contribution in [0.5, 0.6) is 0 Å². The largest absolute Gasteiger partial charge is 0.472 e. The predicted molar refractivity (Wildman–Crippen MR) is 100.0 cm³/mol. The molecule has 0 aliphatic heterocycles. The second-order valence-electron chi connectivity index (χ2n) is 3.56. The molecule has 3 heterocycles. The molecule has 0 saturated heterocycles. The Morgan fingerprint density at radius 1 is 0.792 bits per heavy atom. The molecular weight excluding hydrogens is 304 g/mol. The molecule has 0 fully saturated rings. The minimum Gasteiger partial charge on any atom is -0.472 e. The van der Waals surface area contributed by atoms with Crippen molar-refractivity contribution in [2.75, 3.05) is 0 Å². The van der Waals surface area contributed by atoms with Gasteiger partial charge in [-0.1, -0.05) is 51.9 Å². The molecule has 0 spiro atoms. The molecule has 24 heavy (non-hydrogen) atoms. The van der Waals surface area contributed by atoms with Crippen molar-refractivity contribution < 1.29 is 13.5 Å². The predicted octanol–water partition coefficient (Wildman–Crippen LogP) is 6.63. The first kappa shape index (κ1) is 26.6. The molecule has 5 heteroatoms. The zero-order valence-corrected chi connectivity index (χ0v) is 16.7. The van der Waals surface area contributed by atoms with Gasteiger partial charge in [0.2, 0.25) is 0 Å². The molecule has 3 aromatic rings. The highest BCUT2D eigenvalue weighted by atomic mass is 16.5. The first-order valence-corrected chi connectivity index (χ1v) is 8.41. The molecule has 3 rings (SSSR count). The average molecular weight is 338 g/mol. The van der Waals surface area contributed by atoms with Crippen molar-refractivity contribution >= 4 is 0 Å². The van der Waals surface area contributed by atoms with Crippen molar-refractivity contribution in [3.63, 3.8) is 0 Å². The van der Waals surface area contributed by atoms with Crippen LogP contribution in [0, 0.1) is 20.8 Å². The Bertz CT molecular complexity index is 410. The van der Waals surface area contributed by atoms with E-state index in [4.69, 9.17) is 4.42 Å². The first-order chi connectivity index (χ1) is 11.7. The maximum Gasteiger partial charge on any atom is 0.133 e. The third-order valence-electron chi connectivity index (χ3n) is 1.80. The number of hydrogen-bond acceptors (Lipinski definition) is 5. The standard InChI is InChI=1S/C5H6O.2C4H5NO.3C2H6/c1-5-2-3-6-4-5;1-4-2-3-6-5-4;1-4-2-3-5-6-4;3*1-2/h2-4H,1H3;2*2-3H,1H3;3*1-2H3. The van der Waals surface area contributed by atoms with Gasteiger partial charge < -0.3 is 13.5 Å². The van der Waals surface area contributed by atoms with Gasteiger partial charge in [0, 0.05) is 12.1 Å². The summed E-state index contributed by atoms with van der Waals surface area (Å²) in [6.07, 6.45) is 6.54. The second-order valence-corrected chi connectivity index (χ2v) is 3.56. The van der Waals surface area contributed by atoms with Gasteiger partial charge in [-0.05, 0) is 32.4 Å². The van der Waals surface area contributed by atoms with E-state index in [0.29, 0.717) is 0 Å². The van der Waals surface area contributed by atoms with Gasteiger partial charge in [0.1, 0.15) is 12.0 Å². The van der Waals surface area contributed by atoms with Crippen molar-refractivity contribution in [2.24, 2.45) is 0 Å². The van der Waals surface area contributed by atoms with Crippen LogP contribution in [0.2, 0.25) is 0 Å². The van der Waals surface area contributed by atoms with Gasteiger partial charge in [0.05, 0.1) is 24.4 Å². The van der Waals surface area contributed by atoms with E-state index in [1.807, 2.05) is 68.4 Å². The van der Waals surface area contributed by atoms with Crippen LogP contribution in [0.1, 0.15) is 58.6 Å². The van der Waals surface area contributed by atoms with E-state index in [-0.39, 0.29) is 0 Å². The van der Waals surface area contributed by atoms with E-state index in [2.05, 4.69) is 19.4 Å². The Labute approximate surface area is 147 Å². The van der Waals surface area contributed by atoms with E-state index in [1.165, 1.54) is 5.56 Å². The zero-order chi connectivity index (χ0) is 19.2. The van der Waals surface area contributed by atoms with Crippen LogP contribution < -0.4 is 0 Å². The molecule has 0 radical (unpaired) electrons. The maximum atomic E-state index is 4.71. The van der Waals surface area contributed by atoms with Gasteiger partial charge >= 0.3 is 0 Å². The Balaban J connectivity index is -0.000000239. The highest BCUT2D eigenvalue weighted by Gasteiger charge is 1.78. The van der Waals surface area contributed by atoms with Crippen LogP contribution in [0.3, 0.4) is 0 Å². The fraction of sp³-hybridized carbons (Fsp3) is 0.474. The third-order valence-corrected chi connectivity index (χ3v) is 1.80. The maximum absolute atomic E-state index is 4.71. The number of nitrogens with zero attached hydrogens (tertiary/aromatic N) is 2. The summed E-state index contributed by atoms with van der Waals surface area (Å²) in [5.74, 6) is 0.856. The van der Waals surface area contributed by atoms with Crippen LogP contribution in [0.25, 0.3) is 0 Å². The number of rotatable bonds is 0. The summed E-state index contributed by atoms with van der Waals surface area (Å²) in [5.41, 5.74) is 2.10. The highest BCUT2D eigenvalue weighted by molar-refractivity contribution is 5.00. The normalized spacial score (nSPS) is 7.38. The molecule has 0 amide bonds. The summed E-state index contributed by atoms with van der Waals surface area (Å²) < 4.78 is 13.8. The summed E-state index contributed by atoms with van der Waals surface area (Å²) in [6, 6.07) is 5.53. The highest BCUT2D eigenvalue weighted by Crippen LogP contribution is 1.93. The van der Waals surface area contributed by atoms with E-state index < -0.39 is 0 Å². The Kier molecular flexibility index (Phi) is 25.5. The average Bonchev–Trinajstić information content (AvgIpc) is 3.40. The SMILES string of the molecule is CC.CC.CC.Cc1ccno1.Cc1ccoc1.Cc1ccon1. The van der Waals surface area contributed by atoms with Crippen LogP contribution in [-0.2, 0) is 0 Å². The van der Waals surface area contributed by atoms with Gasteiger partial charge in [0.15, 0.2) is 0 Å². The smallest absolute Gasteiger partial charge is 0.133 e. The van der Waals surface area contributed by atoms with Gasteiger partial charge in [-0.25, -0.2) is 0 Å². The topological polar surface area (TPSA) is 65.2 Å². The molecule has 138 valence electrons. The molecule has 0 aliphatic rings. The third kappa shape index (κ3) is 19.7. The fourth-order valence-corrected chi connectivity index (χ4v) is 0.885. The van der Waals surface area contributed by atoms with Crippen LogP contribution >= 0.6 is 0 Å². The molecule has 0 N–H and O–H groups in total. The van der Waals surface area contributed by atoms with Crippen LogP contribution in [-0.4, -0.2) is 10.3 Å². The Morgan fingerprint density at radius 3 is 1.54 bits per heavy atom. The Morgan fingerprint density at radius 2 is 1.42 bits per heavy atom. The van der Waals surface area contributed by atoms with Gasteiger partial charge in [-0.2, -0.15) is 0 Å². The quantitative estimate of drug-likeness (QED) is 0.460. The van der Waals surface area contributed by atoms with E-state index >= 15 is 0 Å². The monoisotopic (exact) mass is 338 g/mol. The summed E-state index contributed by atoms with van der Waals surface area (Å²) in [7, 11) is 0. The van der Waals surface area contributed by atoms with Gasteiger partial charge in [-0.3, -0.25) is 0 Å². The van der Waals surface area contributed by atoms with Crippen LogP contribution in [0.15, 0.2) is 56.6 Å². The molecule has 0 atom stereocenters. The molecule has 0 bridgehead atoms. The number of hydrogen-bond donors (Lipinski definition) is 0. The lowest BCUT2D eigenvalue weighted by molar-refractivity contribution is 0.397. The van der Waals surface area contributed by atoms with Crippen molar-refractivity contribution in [3.8, 4) is 0 Å². The number of furan rings is 1. The Hall–Kier alpha value is -2.30. The van der Waals surface area contributed by atoms with E-state index in [0.717, 1.165) is 11.5 Å². The van der Waals surface area contributed by atoms with E-state index in [1.54, 1.807) is 37.1 Å². The minimum absolute atomic E-state index is 0.856. The number of aryl methyl sites for hydroxylation is 3. The molecule has 0 unspecified atom stereocenters. The summed E-state index contributed by atoms with van der Waals surface area (Å²) in [5, 5.41) is 6.99. The van der Waals surface area contributed by atoms with Gasteiger partial charge in [0.25, 0.3) is 0 Å². The zero-order valence-electron chi connectivity index (χ0n) is 16.7. The fourth-order valence-electron chi connectivity index (χ4n) is 0.885. The number of aromatic nitrogens is 2. The van der Waals surface area contributed by atoms with Crippen molar-refractivity contribution in [1.29, 1.82) is 0 Å². The van der Waals surface area contributed by atoms with Crippen molar-refractivity contribution in [3.05, 3.63) is 60.2 Å². The molecular formula is C19H34N2O3. The summed E-state index contributed by atoms with van der Waals surface area (Å²) in [4.78, 5) is 0. The van der Waals surface area contributed by atoms with Crippen molar-refractivity contribution in [2.45, 2.75) is 62.3 Å². The summed E-state index contributed by atoms with van der Waals surface area (Å²) >= 11 is 0. The van der Waals surface area contributed by atoms with Gasteiger partial charge in [-0.15, -0.1) is 0 Å². The lowest BCUT2D eigenvalue weighted by atomic mass is 10.4. The molecule has 5 nitrogen and oxygen atoms in total. The summed E-state index contributed by atoms with van der Waals surface area (Å²) in [6.45, 7) is 17.7. The lowest BCUT2D eigenvalue weighted by Crippen LogP contribution is -1.59. The minimum atomic E-state index is 0.856. The van der Waals surface area contributed by atoms with E-state index in [9.17, 15) is 0 Å². The molecule has 0 saturated carbocycles.